The van der Waals surface area contributed by atoms with Gasteiger partial charge in [-0.3, -0.25) is 14.2 Å². The first kappa shape index (κ1) is 15.0. The summed E-state index contributed by atoms with van der Waals surface area (Å²) in [5.41, 5.74) is 2.19. The fourth-order valence-corrected chi connectivity index (χ4v) is 2.84. The Morgan fingerprint density at radius 3 is 2.79 bits per heavy atom. The number of ether oxygens (including phenoxy) is 1. The van der Waals surface area contributed by atoms with Crippen LogP contribution in [0.15, 0.2) is 36.9 Å². The van der Waals surface area contributed by atoms with E-state index in [1.54, 1.807) is 40.2 Å². The van der Waals surface area contributed by atoms with Crippen molar-refractivity contribution in [1.29, 1.82) is 0 Å². The Hall–Kier alpha value is -2.51. The lowest BCUT2D eigenvalue weighted by atomic mass is 10.2. The highest BCUT2D eigenvalue weighted by Crippen LogP contribution is 2.25. The molecular formula is C16H14ClN5O2. The Kier molecular flexibility index (Phi) is 3.87. The SMILES string of the molecule is O=C(c1nc(-c2ccc(Cl)nc2)c2cnccn12)N1CCOCC1. The third-order valence-corrected chi connectivity index (χ3v) is 4.16. The lowest BCUT2D eigenvalue weighted by molar-refractivity contribution is 0.0294. The number of aromatic nitrogens is 4. The molecular weight excluding hydrogens is 330 g/mol. The molecule has 0 spiro atoms. The molecule has 1 aliphatic heterocycles. The summed E-state index contributed by atoms with van der Waals surface area (Å²) in [4.78, 5) is 27.4. The van der Waals surface area contributed by atoms with E-state index < -0.39 is 0 Å². The van der Waals surface area contributed by atoms with Gasteiger partial charge in [0.1, 0.15) is 10.8 Å². The number of halogens is 1. The standard InChI is InChI=1S/C16H14ClN5O2/c17-13-2-1-11(9-19-13)14-12-10-18-3-4-22(12)15(20-14)16(23)21-5-7-24-8-6-21/h1-4,9-10H,5-8H2. The molecule has 0 saturated carbocycles. The molecule has 4 heterocycles. The quantitative estimate of drug-likeness (QED) is 0.665. The predicted octanol–water partition coefficient (Wildman–Crippen LogP) is 1.92. The smallest absolute Gasteiger partial charge is 0.290 e. The summed E-state index contributed by atoms with van der Waals surface area (Å²) in [6.07, 6.45) is 6.70. The highest BCUT2D eigenvalue weighted by atomic mass is 35.5. The first-order chi connectivity index (χ1) is 11.7. The second kappa shape index (κ2) is 6.18. The summed E-state index contributed by atoms with van der Waals surface area (Å²) in [6.45, 7) is 2.22. The number of carbonyl (C=O) groups excluding carboxylic acids is 1. The second-order valence-electron chi connectivity index (χ2n) is 5.39. The van der Waals surface area contributed by atoms with E-state index in [4.69, 9.17) is 16.3 Å². The number of hydrogen-bond donors (Lipinski definition) is 0. The third-order valence-electron chi connectivity index (χ3n) is 3.94. The van der Waals surface area contributed by atoms with Crippen molar-refractivity contribution in [3.8, 4) is 11.3 Å². The van der Waals surface area contributed by atoms with E-state index in [9.17, 15) is 4.79 Å². The number of carbonyl (C=O) groups is 1. The average molecular weight is 344 g/mol. The molecule has 8 heteroatoms. The molecule has 0 atom stereocenters. The zero-order valence-electron chi connectivity index (χ0n) is 12.7. The van der Waals surface area contributed by atoms with Gasteiger partial charge in [0.2, 0.25) is 5.82 Å². The van der Waals surface area contributed by atoms with Gasteiger partial charge < -0.3 is 9.64 Å². The first-order valence-electron chi connectivity index (χ1n) is 7.55. The van der Waals surface area contributed by atoms with Crippen molar-refractivity contribution in [2.45, 2.75) is 0 Å². The number of rotatable bonds is 2. The van der Waals surface area contributed by atoms with Crippen molar-refractivity contribution in [3.63, 3.8) is 0 Å². The molecule has 0 N–H and O–H groups in total. The Bertz CT molecular complexity index is 887. The van der Waals surface area contributed by atoms with Gasteiger partial charge in [-0.15, -0.1) is 0 Å². The van der Waals surface area contributed by atoms with Gasteiger partial charge >= 0.3 is 0 Å². The fourth-order valence-electron chi connectivity index (χ4n) is 2.73. The van der Waals surface area contributed by atoms with E-state index >= 15 is 0 Å². The van der Waals surface area contributed by atoms with Crippen LogP contribution in [0.3, 0.4) is 0 Å². The van der Waals surface area contributed by atoms with E-state index in [0.29, 0.717) is 43.0 Å². The minimum Gasteiger partial charge on any atom is -0.378 e. The molecule has 0 radical (unpaired) electrons. The number of amides is 1. The van der Waals surface area contributed by atoms with Crippen LogP contribution >= 0.6 is 11.6 Å². The zero-order chi connectivity index (χ0) is 16.5. The Balaban J connectivity index is 1.82. The lowest BCUT2D eigenvalue weighted by Crippen LogP contribution is -2.41. The van der Waals surface area contributed by atoms with Gasteiger partial charge in [-0.05, 0) is 12.1 Å². The highest BCUT2D eigenvalue weighted by molar-refractivity contribution is 6.29. The van der Waals surface area contributed by atoms with Crippen molar-refractivity contribution in [2.75, 3.05) is 26.3 Å². The summed E-state index contributed by atoms with van der Waals surface area (Å²) >= 11 is 5.85. The summed E-state index contributed by atoms with van der Waals surface area (Å²) in [6, 6.07) is 3.52. The molecule has 4 rings (SSSR count). The second-order valence-corrected chi connectivity index (χ2v) is 5.78. The maximum absolute atomic E-state index is 12.8. The molecule has 24 heavy (non-hydrogen) atoms. The van der Waals surface area contributed by atoms with Crippen LogP contribution in [0.2, 0.25) is 5.15 Å². The molecule has 7 nitrogen and oxygen atoms in total. The number of morpholine rings is 1. The summed E-state index contributed by atoms with van der Waals surface area (Å²) in [5.74, 6) is 0.243. The summed E-state index contributed by atoms with van der Waals surface area (Å²) < 4.78 is 7.07. The molecule has 122 valence electrons. The molecule has 1 aliphatic rings. The summed E-state index contributed by atoms with van der Waals surface area (Å²) in [5, 5.41) is 0.407. The maximum Gasteiger partial charge on any atom is 0.290 e. The lowest BCUT2D eigenvalue weighted by Gasteiger charge is -2.26. The van der Waals surface area contributed by atoms with Gasteiger partial charge in [0.15, 0.2) is 0 Å². The van der Waals surface area contributed by atoms with Crippen LogP contribution in [0.4, 0.5) is 0 Å². The van der Waals surface area contributed by atoms with E-state index in [1.165, 1.54) is 0 Å². The van der Waals surface area contributed by atoms with Gasteiger partial charge in [-0.1, -0.05) is 11.6 Å². The van der Waals surface area contributed by atoms with Crippen LogP contribution < -0.4 is 0 Å². The molecule has 3 aromatic heterocycles. The zero-order valence-corrected chi connectivity index (χ0v) is 13.5. The number of imidazole rings is 1. The first-order valence-corrected chi connectivity index (χ1v) is 7.93. The Morgan fingerprint density at radius 2 is 2.04 bits per heavy atom. The van der Waals surface area contributed by atoms with Gasteiger partial charge in [0, 0.05) is 37.2 Å². The Morgan fingerprint density at radius 1 is 1.21 bits per heavy atom. The number of hydrogen-bond acceptors (Lipinski definition) is 5. The molecule has 0 aliphatic carbocycles. The highest BCUT2D eigenvalue weighted by Gasteiger charge is 2.24. The number of pyridine rings is 1. The topological polar surface area (TPSA) is 72.6 Å². The third kappa shape index (κ3) is 2.61. The van der Waals surface area contributed by atoms with Crippen LogP contribution in [0, 0.1) is 0 Å². The van der Waals surface area contributed by atoms with E-state index in [0.717, 1.165) is 11.1 Å². The van der Waals surface area contributed by atoms with Crippen LogP contribution in [0.5, 0.6) is 0 Å². The summed E-state index contributed by atoms with van der Waals surface area (Å²) in [7, 11) is 0. The largest absolute Gasteiger partial charge is 0.378 e. The van der Waals surface area contributed by atoms with E-state index in [-0.39, 0.29) is 5.91 Å². The minimum absolute atomic E-state index is 0.118. The predicted molar refractivity (Wildman–Crippen MR) is 88.0 cm³/mol. The van der Waals surface area contributed by atoms with Crippen molar-refractivity contribution in [1.82, 2.24) is 24.3 Å². The molecule has 0 aromatic carbocycles. The Labute approximate surface area is 142 Å². The fraction of sp³-hybridized carbons (Fsp3) is 0.250. The normalized spacial score (nSPS) is 15.0. The van der Waals surface area contributed by atoms with E-state index in [2.05, 4.69) is 15.0 Å². The van der Waals surface area contributed by atoms with Crippen LogP contribution in [-0.4, -0.2) is 56.5 Å². The minimum atomic E-state index is -0.118. The molecule has 0 bridgehead atoms. The van der Waals surface area contributed by atoms with Crippen molar-refractivity contribution < 1.29 is 9.53 Å². The van der Waals surface area contributed by atoms with Gasteiger partial charge in [0.05, 0.1) is 24.9 Å². The number of nitrogens with zero attached hydrogens (tertiary/aromatic N) is 5. The molecule has 1 saturated heterocycles. The number of fused-ring (bicyclic) bond motifs is 1. The van der Waals surface area contributed by atoms with Gasteiger partial charge in [0.25, 0.3) is 5.91 Å². The molecule has 3 aromatic rings. The van der Waals surface area contributed by atoms with Gasteiger partial charge in [-0.25, -0.2) is 9.97 Å². The van der Waals surface area contributed by atoms with Crippen molar-refractivity contribution in [2.24, 2.45) is 0 Å². The van der Waals surface area contributed by atoms with Crippen LogP contribution in [-0.2, 0) is 4.74 Å². The monoisotopic (exact) mass is 343 g/mol. The van der Waals surface area contributed by atoms with Crippen LogP contribution in [0.1, 0.15) is 10.6 Å². The van der Waals surface area contributed by atoms with E-state index in [1.807, 2.05) is 6.07 Å². The average Bonchev–Trinajstić information content (AvgIpc) is 3.02. The molecule has 1 amide bonds. The van der Waals surface area contributed by atoms with Crippen molar-refractivity contribution in [3.05, 3.63) is 47.9 Å². The molecule has 0 unspecified atom stereocenters. The molecule has 1 fully saturated rings. The van der Waals surface area contributed by atoms with Gasteiger partial charge in [-0.2, -0.15) is 0 Å². The van der Waals surface area contributed by atoms with Crippen LogP contribution in [0.25, 0.3) is 16.8 Å². The maximum atomic E-state index is 12.8. The van der Waals surface area contributed by atoms with Crippen molar-refractivity contribution >= 4 is 23.0 Å².